The number of hydrogen-bond acceptors (Lipinski definition) is 5. The molecule has 1 atom stereocenters. The van der Waals surface area contributed by atoms with E-state index in [0.717, 1.165) is 10.3 Å². The number of morpholine rings is 1. The number of hydrazone groups is 1. The molecule has 0 radical (unpaired) electrons. The number of halogens is 3. The molecule has 1 unspecified atom stereocenters. The minimum atomic E-state index is -0.185. The first-order valence-electron chi connectivity index (χ1n) is 10.3. The monoisotopic (exact) mass is 491 g/mol. The van der Waals surface area contributed by atoms with Crippen LogP contribution in [0.2, 0.25) is 15.1 Å². The fourth-order valence-corrected chi connectivity index (χ4v) is 5.22. The predicted octanol–water partition coefficient (Wildman–Crippen LogP) is 4.97. The summed E-state index contributed by atoms with van der Waals surface area (Å²) in [7, 11) is 0. The molecular weight excluding hydrogens is 473 g/mol. The van der Waals surface area contributed by atoms with E-state index >= 15 is 0 Å². The highest BCUT2D eigenvalue weighted by atomic mass is 35.5. The number of aromatic nitrogens is 1. The van der Waals surface area contributed by atoms with Crippen LogP contribution in [0, 0.1) is 0 Å². The standard InChI is InChI=1S/C23H20Cl3N3O3/c24-14-2-4-20-17(11-14)23(30)22-19(27-28-5-7-32-8-6-28)9-13(10-21(22)29(20)31)16-3-1-15(25)12-18(16)26/h1-4,11-13,31H,5-10H2/b27-19-. The average Bonchev–Trinajstić information content (AvgIpc) is 2.78. The Morgan fingerprint density at radius 3 is 2.47 bits per heavy atom. The van der Waals surface area contributed by atoms with Gasteiger partial charge >= 0.3 is 0 Å². The molecule has 1 fully saturated rings. The van der Waals surface area contributed by atoms with Gasteiger partial charge in [-0.25, -0.2) is 0 Å². The largest absolute Gasteiger partial charge is 0.428 e. The first-order chi connectivity index (χ1) is 15.4. The zero-order valence-corrected chi connectivity index (χ0v) is 19.3. The highest BCUT2D eigenvalue weighted by Gasteiger charge is 2.32. The van der Waals surface area contributed by atoms with Crippen LogP contribution in [-0.4, -0.2) is 47.0 Å². The molecule has 9 heteroatoms. The molecule has 1 aromatic heterocycles. The number of pyridine rings is 1. The lowest BCUT2D eigenvalue weighted by Crippen LogP contribution is -2.36. The fraction of sp³-hybridized carbons (Fsp3) is 0.304. The molecule has 1 aliphatic carbocycles. The van der Waals surface area contributed by atoms with Crippen molar-refractivity contribution in [2.45, 2.75) is 18.8 Å². The van der Waals surface area contributed by atoms with Gasteiger partial charge in [-0.15, -0.1) is 0 Å². The smallest absolute Gasteiger partial charge is 0.199 e. The number of hydrogen-bond donors (Lipinski definition) is 1. The lowest BCUT2D eigenvalue weighted by molar-refractivity contribution is 0.0392. The van der Waals surface area contributed by atoms with Crippen molar-refractivity contribution in [3.8, 4) is 0 Å². The second-order valence-corrected chi connectivity index (χ2v) is 9.29. The highest BCUT2D eigenvalue weighted by molar-refractivity contribution is 6.35. The van der Waals surface area contributed by atoms with Crippen LogP contribution in [0.1, 0.15) is 29.2 Å². The van der Waals surface area contributed by atoms with Gasteiger partial charge in [0.2, 0.25) is 0 Å². The van der Waals surface area contributed by atoms with Crippen LogP contribution in [-0.2, 0) is 11.2 Å². The van der Waals surface area contributed by atoms with E-state index in [2.05, 4.69) is 0 Å². The van der Waals surface area contributed by atoms with Crippen LogP contribution in [0.5, 0.6) is 0 Å². The van der Waals surface area contributed by atoms with Gasteiger partial charge in [0, 0.05) is 15.1 Å². The van der Waals surface area contributed by atoms with E-state index in [9.17, 15) is 10.0 Å². The average molecular weight is 493 g/mol. The zero-order chi connectivity index (χ0) is 22.4. The Morgan fingerprint density at radius 2 is 1.72 bits per heavy atom. The minimum absolute atomic E-state index is 0.0744. The zero-order valence-electron chi connectivity index (χ0n) is 17.0. The number of ether oxygens (including phenoxy) is 1. The maximum Gasteiger partial charge on any atom is 0.199 e. The molecule has 1 saturated heterocycles. The molecule has 2 aliphatic rings. The van der Waals surface area contributed by atoms with Gasteiger partial charge in [-0.1, -0.05) is 40.9 Å². The number of fused-ring (bicyclic) bond motifs is 2. The molecule has 3 aromatic rings. The number of nitrogens with zero attached hydrogens (tertiary/aromatic N) is 3. The van der Waals surface area contributed by atoms with Gasteiger partial charge in [0.05, 0.1) is 54.2 Å². The molecule has 1 N–H and O–H groups in total. The molecule has 0 amide bonds. The number of benzene rings is 2. The summed E-state index contributed by atoms with van der Waals surface area (Å²) in [5.74, 6) is -0.0744. The third kappa shape index (κ3) is 3.86. The Balaban J connectivity index is 1.71. The second-order valence-electron chi connectivity index (χ2n) is 8.01. The summed E-state index contributed by atoms with van der Waals surface area (Å²) in [6.45, 7) is 2.43. The third-order valence-electron chi connectivity index (χ3n) is 6.02. The van der Waals surface area contributed by atoms with Crippen LogP contribution >= 0.6 is 34.8 Å². The van der Waals surface area contributed by atoms with Crippen molar-refractivity contribution in [1.29, 1.82) is 0 Å². The number of rotatable bonds is 2. The van der Waals surface area contributed by atoms with E-state index in [0.29, 0.717) is 82.1 Å². The molecule has 0 bridgehead atoms. The first-order valence-corrected chi connectivity index (χ1v) is 11.5. The van der Waals surface area contributed by atoms with Crippen LogP contribution in [0.4, 0.5) is 0 Å². The van der Waals surface area contributed by atoms with E-state index in [1.807, 2.05) is 11.1 Å². The van der Waals surface area contributed by atoms with Crippen LogP contribution in [0.25, 0.3) is 10.9 Å². The van der Waals surface area contributed by atoms with Gasteiger partial charge in [-0.3, -0.25) is 9.80 Å². The fourth-order valence-electron chi connectivity index (χ4n) is 4.49. The summed E-state index contributed by atoms with van der Waals surface area (Å²) in [4.78, 5) is 13.5. The van der Waals surface area contributed by atoms with E-state index in [1.54, 1.807) is 30.3 Å². The van der Waals surface area contributed by atoms with Crippen LogP contribution in [0.15, 0.2) is 46.3 Å². The lowest BCUT2D eigenvalue weighted by Gasteiger charge is -2.31. The molecule has 166 valence electrons. The van der Waals surface area contributed by atoms with E-state index in [-0.39, 0.29) is 11.3 Å². The minimum Gasteiger partial charge on any atom is -0.428 e. The SMILES string of the molecule is O=c1c2c(n(O)c3ccc(Cl)cc13)CC(c1ccc(Cl)cc1Cl)C/C2=N/N1CCOCC1. The Hall–Kier alpha value is -2.25. The molecule has 0 saturated carbocycles. The Kier molecular flexibility index (Phi) is 5.80. The first kappa shape index (κ1) is 21.6. The topological polar surface area (TPSA) is 67.1 Å². The summed E-state index contributed by atoms with van der Waals surface area (Å²) in [5.41, 5.74) is 2.69. The summed E-state index contributed by atoms with van der Waals surface area (Å²) >= 11 is 18.8. The van der Waals surface area contributed by atoms with Crippen molar-refractivity contribution in [2.75, 3.05) is 26.3 Å². The molecule has 32 heavy (non-hydrogen) atoms. The van der Waals surface area contributed by atoms with Gasteiger partial charge in [0.15, 0.2) is 5.43 Å². The van der Waals surface area contributed by atoms with Crippen molar-refractivity contribution < 1.29 is 9.94 Å². The maximum atomic E-state index is 13.5. The highest BCUT2D eigenvalue weighted by Crippen LogP contribution is 2.37. The maximum absolute atomic E-state index is 13.5. The quantitative estimate of drug-likeness (QED) is 0.513. The summed E-state index contributed by atoms with van der Waals surface area (Å²) in [5, 5.41) is 19.8. The van der Waals surface area contributed by atoms with Crippen LogP contribution in [0.3, 0.4) is 0 Å². The summed E-state index contributed by atoms with van der Waals surface area (Å²) in [6, 6.07) is 10.3. The second kappa shape index (κ2) is 8.60. The van der Waals surface area contributed by atoms with Gasteiger partial charge in [-0.05, 0) is 54.7 Å². The van der Waals surface area contributed by atoms with Crippen molar-refractivity contribution in [3.05, 3.63) is 78.5 Å². The van der Waals surface area contributed by atoms with Crippen LogP contribution < -0.4 is 5.43 Å². The summed E-state index contributed by atoms with van der Waals surface area (Å²) in [6.07, 6.45) is 0.941. The molecule has 2 heterocycles. The normalized spacial score (nSPS) is 20.0. The summed E-state index contributed by atoms with van der Waals surface area (Å²) < 4.78 is 6.52. The Bertz CT molecular complexity index is 1300. The lowest BCUT2D eigenvalue weighted by atomic mass is 9.80. The molecule has 0 spiro atoms. The third-order valence-corrected chi connectivity index (χ3v) is 6.82. The van der Waals surface area contributed by atoms with E-state index in [4.69, 9.17) is 44.6 Å². The Morgan fingerprint density at radius 1 is 1.00 bits per heavy atom. The van der Waals surface area contributed by atoms with Crippen molar-refractivity contribution >= 4 is 51.4 Å². The molecule has 1 aliphatic heterocycles. The molecule has 6 nitrogen and oxygen atoms in total. The predicted molar refractivity (Wildman–Crippen MR) is 127 cm³/mol. The van der Waals surface area contributed by atoms with Crippen molar-refractivity contribution in [3.63, 3.8) is 0 Å². The van der Waals surface area contributed by atoms with Crippen molar-refractivity contribution in [2.24, 2.45) is 5.10 Å². The van der Waals surface area contributed by atoms with Gasteiger partial charge in [0.1, 0.15) is 0 Å². The van der Waals surface area contributed by atoms with Gasteiger partial charge in [-0.2, -0.15) is 9.83 Å². The van der Waals surface area contributed by atoms with E-state index < -0.39 is 0 Å². The molecule has 5 rings (SSSR count). The van der Waals surface area contributed by atoms with Gasteiger partial charge < -0.3 is 9.94 Å². The Labute approximate surface area is 199 Å². The molecule has 2 aromatic carbocycles. The van der Waals surface area contributed by atoms with E-state index in [1.165, 1.54) is 0 Å². The van der Waals surface area contributed by atoms with Gasteiger partial charge in [0.25, 0.3) is 0 Å². The molecular formula is C23H20Cl3N3O3. The van der Waals surface area contributed by atoms with Crippen molar-refractivity contribution in [1.82, 2.24) is 9.74 Å².